The Morgan fingerprint density at radius 1 is 1.22 bits per heavy atom. The number of piperidine rings is 1. The summed E-state index contributed by atoms with van der Waals surface area (Å²) in [6.45, 7) is 5.66. The van der Waals surface area contributed by atoms with Gasteiger partial charge in [0.05, 0.1) is 10.0 Å². The Bertz CT molecular complexity index is 972. The second-order valence-corrected chi connectivity index (χ2v) is 8.00. The molecule has 140 valence electrons. The lowest BCUT2D eigenvalue weighted by Gasteiger charge is -2.30. The van der Waals surface area contributed by atoms with Crippen LogP contribution in [0.25, 0.3) is 22.8 Å². The number of halogens is 1. The van der Waals surface area contributed by atoms with Gasteiger partial charge in [-0.1, -0.05) is 36.3 Å². The Morgan fingerprint density at radius 3 is 2.67 bits per heavy atom. The summed E-state index contributed by atoms with van der Waals surface area (Å²) in [5, 5.41) is 4.06. The molecule has 27 heavy (non-hydrogen) atoms. The van der Waals surface area contributed by atoms with Gasteiger partial charge in [0.1, 0.15) is 0 Å². The van der Waals surface area contributed by atoms with E-state index in [0.29, 0.717) is 21.8 Å². The summed E-state index contributed by atoms with van der Waals surface area (Å²) in [4.78, 5) is 21.0. The van der Waals surface area contributed by atoms with Crippen molar-refractivity contribution in [3.63, 3.8) is 0 Å². The first-order valence-electron chi connectivity index (χ1n) is 9.12. The molecule has 1 aromatic carbocycles. The SMILES string of the molecule is CC1CCN(Cc2ccc(-c3noc(-c4c[nH]c(=O)c(Br)c4)n3)cc2)CC1. The molecule has 4 rings (SSSR count). The fourth-order valence-corrected chi connectivity index (χ4v) is 3.64. The Labute approximate surface area is 165 Å². The molecular weight excluding hydrogens is 408 g/mol. The Morgan fingerprint density at radius 2 is 1.96 bits per heavy atom. The molecular formula is C20H21BrN4O2. The van der Waals surface area contributed by atoms with Gasteiger partial charge < -0.3 is 9.51 Å². The summed E-state index contributed by atoms with van der Waals surface area (Å²) in [6.07, 6.45) is 4.13. The molecule has 0 amide bonds. The Hall–Kier alpha value is -2.25. The number of benzene rings is 1. The van der Waals surface area contributed by atoms with Crippen molar-refractivity contribution >= 4 is 15.9 Å². The van der Waals surface area contributed by atoms with Crippen LogP contribution in [0.3, 0.4) is 0 Å². The first kappa shape index (κ1) is 18.1. The summed E-state index contributed by atoms with van der Waals surface area (Å²) in [5.74, 6) is 1.75. The van der Waals surface area contributed by atoms with Gasteiger partial charge in [-0.3, -0.25) is 9.69 Å². The first-order chi connectivity index (χ1) is 13.1. The predicted molar refractivity (Wildman–Crippen MR) is 107 cm³/mol. The third kappa shape index (κ3) is 4.20. The zero-order valence-corrected chi connectivity index (χ0v) is 16.7. The van der Waals surface area contributed by atoms with Gasteiger partial charge in [-0.2, -0.15) is 4.98 Å². The lowest BCUT2D eigenvalue weighted by Crippen LogP contribution is -2.32. The predicted octanol–water partition coefficient (Wildman–Crippen LogP) is 4.09. The molecule has 0 saturated carbocycles. The minimum Gasteiger partial charge on any atom is -0.334 e. The zero-order chi connectivity index (χ0) is 18.8. The number of H-pyrrole nitrogens is 1. The van der Waals surface area contributed by atoms with Crippen LogP contribution < -0.4 is 5.56 Å². The summed E-state index contributed by atoms with van der Waals surface area (Å²) >= 11 is 3.21. The molecule has 0 radical (unpaired) electrons. The van der Waals surface area contributed by atoms with Gasteiger partial charge in [-0.05, 0) is 59.4 Å². The number of hydrogen-bond donors (Lipinski definition) is 1. The van der Waals surface area contributed by atoms with E-state index in [0.717, 1.165) is 18.0 Å². The highest BCUT2D eigenvalue weighted by Gasteiger charge is 2.16. The number of aromatic amines is 1. The van der Waals surface area contributed by atoms with Gasteiger partial charge in [0.2, 0.25) is 5.82 Å². The lowest BCUT2D eigenvalue weighted by molar-refractivity contribution is 0.185. The number of rotatable bonds is 4. The van der Waals surface area contributed by atoms with E-state index in [-0.39, 0.29) is 5.56 Å². The summed E-state index contributed by atoms with van der Waals surface area (Å²) in [6, 6.07) is 9.97. The van der Waals surface area contributed by atoms with E-state index in [2.05, 4.69) is 55.0 Å². The minimum atomic E-state index is -0.197. The maximum absolute atomic E-state index is 11.4. The number of nitrogens with one attached hydrogen (secondary N) is 1. The molecule has 1 aliphatic rings. The van der Waals surface area contributed by atoms with Gasteiger partial charge in [-0.25, -0.2) is 0 Å². The monoisotopic (exact) mass is 428 g/mol. The minimum absolute atomic E-state index is 0.197. The number of hydrogen-bond acceptors (Lipinski definition) is 5. The van der Waals surface area contributed by atoms with Crippen LogP contribution in [0, 0.1) is 5.92 Å². The molecule has 0 spiro atoms. The van der Waals surface area contributed by atoms with E-state index in [1.165, 1.54) is 31.5 Å². The molecule has 1 fully saturated rings. The van der Waals surface area contributed by atoms with Crippen LogP contribution in [0.5, 0.6) is 0 Å². The highest BCUT2D eigenvalue weighted by molar-refractivity contribution is 9.10. The van der Waals surface area contributed by atoms with Gasteiger partial charge >= 0.3 is 0 Å². The molecule has 6 nitrogen and oxygen atoms in total. The van der Waals surface area contributed by atoms with Crippen molar-refractivity contribution in [3.8, 4) is 22.8 Å². The molecule has 0 bridgehead atoms. The zero-order valence-electron chi connectivity index (χ0n) is 15.1. The van der Waals surface area contributed by atoms with Crippen LogP contribution in [-0.4, -0.2) is 33.1 Å². The van der Waals surface area contributed by atoms with Crippen LogP contribution in [0.1, 0.15) is 25.3 Å². The van der Waals surface area contributed by atoms with Crippen molar-refractivity contribution < 1.29 is 4.52 Å². The molecule has 2 aromatic heterocycles. The molecule has 1 saturated heterocycles. The highest BCUT2D eigenvalue weighted by atomic mass is 79.9. The number of aromatic nitrogens is 3. The first-order valence-corrected chi connectivity index (χ1v) is 9.92. The van der Waals surface area contributed by atoms with Gasteiger partial charge in [0.25, 0.3) is 11.4 Å². The Balaban J connectivity index is 1.47. The second kappa shape index (κ2) is 7.78. The number of likely N-dealkylation sites (tertiary alicyclic amines) is 1. The molecule has 7 heteroatoms. The molecule has 0 atom stereocenters. The normalized spacial score (nSPS) is 15.9. The summed E-state index contributed by atoms with van der Waals surface area (Å²) in [7, 11) is 0. The van der Waals surface area contributed by atoms with Crippen LogP contribution in [0.4, 0.5) is 0 Å². The fourth-order valence-electron chi connectivity index (χ4n) is 3.28. The van der Waals surface area contributed by atoms with Gasteiger partial charge in [0, 0.05) is 18.3 Å². The lowest BCUT2D eigenvalue weighted by atomic mass is 9.99. The van der Waals surface area contributed by atoms with Crippen molar-refractivity contribution in [3.05, 3.63) is 56.9 Å². The van der Waals surface area contributed by atoms with Crippen LogP contribution in [0.15, 0.2) is 50.3 Å². The van der Waals surface area contributed by atoms with E-state index in [1.54, 1.807) is 12.3 Å². The van der Waals surface area contributed by atoms with Crippen LogP contribution in [-0.2, 0) is 6.54 Å². The van der Waals surface area contributed by atoms with Crippen LogP contribution >= 0.6 is 15.9 Å². The van der Waals surface area contributed by atoms with E-state index < -0.39 is 0 Å². The third-order valence-electron chi connectivity index (χ3n) is 5.03. The van der Waals surface area contributed by atoms with Gasteiger partial charge in [-0.15, -0.1) is 0 Å². The molecule has 1 aliphatic heterocycles. The maximum Gasteiger partial charge on any atom is 0.262 e. The second-order valence-electron chi connectivity index (χ2n) is 7.14. The smallest absolute Gasteiger partial charge is 0.262 e. The van der Waals surface area contributed by atoms with E-state index >= 15 is 0 Å². The topological polar surface area (TPSA) is 75.0 Å². The van der Waals surface area contributed by atoms with E-state index in [1.807, 2.05) is 12.1 Å². The third-order valence-corrected chi connectivity index (χ3v) is 5.61. The number of pyridine rings is 1. The summed E-state index contributed by atoms with van der Waals surface area (Å²) in [5.41, 5.74) is 2.67. The number of nitrogens with zero attached hydrogens (tertiary/aromatic N) is 3. The van der Waals surface area contributed by atoms with E-state index in [4.69, 9.17) is 4.52 Å². The van der Waals surface area contributed by atoms with Crippen molar-refractivity contribution in [1.29, 1.82) is 0 Å². The van der Waals surface area contributed by atoms with Gasteiger partial charge in [0.15, 0.2) is 0 Å². The Kier molecular flexibility index (Phi) is 5.22. The molecule has 0 unspecified atom stereocenters. The van der Waals surface area contributed by atoms with Crippen molar-refractivity contribution in [2.45, 2.75) is 26.3 Å². The molecule has 1 N–H and O–H groups in total. The quantitative estimate of drug-likeness (QED) is 0.677. The van der Waals surface area contributed by atoms with Crippen molar-refractivity contribution in [2.75, 3.05) is 13.1 Å². The fraction of sp³-hybridized carbons (Fsp3) is 0.350. The molecule has 3 aromatic rings. The highest BCUT2D eigenvalue weighted by Crippen LogP contribution is 2.24. The molecule has 3 heterocycles. The maximum atomic E-state index is 11.4. The van der Waals surface area contributed by atoms with Crippen molar-refractivity contribution in [1.82, 2.24) is 20.0 Å². The standard InChI is InChI=1S/C20H21BrN4O2/c1-13-6-8-25(9-7-13)12-14-2-4-15(5-3-14)18-23-20(27-24-18)16-10-17(21)19(26)22-11-16/h2-5,10-11,13H,6-9,12H2,1H3,(H,22,26). The largest absolute Gasteiger partial charge is 0.334 e. The summed E-state index contributed by atoms with van der Waals surface area (Å²) < 4.78 is 5.78. The average molecular weight is 429 g/mol. The van der Waals surface area contributed by atoms with Crippen molar-refractivity contribution in [2.24, 2.45) is 5.92 Å². The molecule has 0 aliphatic carbocycles. The average Bonchev–Trinajstić information content (AvgIpc) is 3.17. The van der Waals surface area contributed by atoms with E-state index in [9.17, 15) is 4.79 Å². The van der Waals surface area contributed by atoms with Crippen LogP contribution in [0.2, 0.25) is 0 Å².